The van der Waals surface area contributed by atoms with Crippen LogP contribution in [0.25, 0.3) is 16.8 Å². The summed E-state index contributed by atoms with van der Waals surface area (Å²) in [5.41, 5.74) is 6.81. The normalized spacial score (nSPS) is 12.9. The first-order chi connectivity index (χ1) is 16.5. The minimum atomic E-state index is 0.499. The van der Waals surface area contributed by atoms with E-state index in [9.17, 15) is 0 Å². The Labute approximate surface area is 208 Å². The summed E-state index contributed by atoms with van der Waals surface area (Å²) in [6.45, 7) is 6.81. The minimum Gasteiger partial charge on any atom is -0.497 e. The molecule has 0 spiro atoms. The van der Waals surface area contributed by atoms with Gasteiger partial charge >= 0.3 is 0 Å². The lowest BCUT2D eigenvalue weighted by Gasteiger charge is -2.26. The molecule has 0 unspecified atom stereocenters. The summed E-state index contributed by atoms with van der Waals surface area (Å²) < 4.78 is 13.1. The summed E-state index contributed by atoms with van der Waals surface area (Å²) in [7, 11) is 1.64. The fourth-order valence-electron chi connectivity index (χ4n) is 4.49. The number of aromatic nitrogens is 3. The summed E-state index contributed by atoms with van der Waals surface area (Å²) >= 11 is 8.42. The average Bonchev–Trinajstić information content (AvgIpc) is 3.45. The van der Waals surface area contributed by atoms with Crippen LogP contribution in [-0.2, 0) is 24.5 Å². The standard InChI is InChI=1S/C26H27ClN4O2S/c1-5-30(13-17-6-9-19(34-4)10-7-17)26-21-14-33-15-23(21)28-25-24(16(2)29-31(25)26)20-11-8-18(32-3)12-22(20)27/h6-12H,5,13-15H2,1-4H3. The van der Waals surface area contributed by atoms with Crippen LogP contribution in [-0.4, -0.2) is 34.5 Å². The predicted octanol–water partition coefficient (Wildman–Crippen LogP) is 6.15. The number of ether oxygens (including phenoxy) is 2. The molecular weight excluding hydrogens is 468 g/mol. The van der Waals surface area contributed by atoms with Gasteiger partial charge in [0, 0.05) is 29.1 Å². The second-order valence-corrected chi connectivity index (χ2v) is 9.54. The van der Waals surface area contributed by atoms with Gasteiger partial charge in [0.15, 0.2) is 5.65 Å². The molecule has 4 aromatic rings. The molecule has 0 saturated carbocycles. The second kappa shape index (κ2) is 9.49. The third-order valence-corrected chi connectivity index (χ3v) is 7.30. The Bertz CT molecular complexity index is 1350. The van der Waals surface area contributed by atoms with Gasteiger partial charge in [-0.25, -0.2) is 4.98 Å². The lowest BCUT2D eigenvalue weighted by molar-refractivity contribution is 0.133. The molecule has 0 N–H and O–H groups in total. The molecule has 3 heterocycles. The third kappa shape index (κ3) is 4.02. The molecule has 0 atom stereocenters. The van der Waals surface area contributed by atoms with E-state index in [0.29, 0.717) is 18.2 Å². The smallest absolute Gasteiger partial charge is 0.165 e. The van der Waals surface area contributed by atoms with E-state index in [1.807, 2.05) is 29.6 Å². The van der Waals surface area contributed by atoms with Gasteiger partial charge in [-0.15, -0.1) is 11.8 Å². The number of anilines is 1. The van der Waals surface area contributed by atoms with E-state index in [4.69, 9.17) is 31.2 Å². The van der Waals surface area contributed by atoms with Crippen molar-refractivity contribution in [2.75, 3.05) is 24.8 Å². The minimum absolute atomic E-state index is 0.499. The maximum atomic E-state index is 6.67. The lowest BCUT2D eigenvalue weighted by atomic mass is 10.1. The molecule has 176 valence electrons. The number of fused-ring (bicyclic) bond motifs is 2. The molecular formula is C26H27ClN4O2S. The van der Waals surface area contributed by atoms with Crippen LogP contribution in [0.1, 0.15) is 29.4 Å². The Morgan fingerprint density at radius 3 is 2.65 bits per heavy atom. The van der Waals surface area contributed by atoms with Crippen LogP contribution < -0.4 is 9.64 Å². The van der Waals surface area contributed by atoms with Crippen LogP contribution in [0.5, 0.6) is 5.75 Å². The Balaban J connectivity index is 1.66. The van der Waals surface area contributed by atoms with Gasteiger partial charge in [-0.2, -0.15) is 9.61 Å². The molecule has 0 bridgehead atoms. The van der Waals surface area contributed by atoms with Crippen molar-refractivity contribution in [3.63, 3.8) is 0 Å². The van der Waals surface area contributed by atoms with E-state index in [2.05, 4.69) is 42.3 Å². The van der Waals surface area contributed by atoms with E-state index in [-0.39, 0.29) is 0 Å². The number of aryl methyl sites for hydroxylation is 1. The quantitative estimate of drug-likeness (QED) is 0.287. The van der Waals surface area contributed by atoms with Crippen molar-refractivity contribution in [2.45, 2.75) is 38.5 Å². The maximum absolute atomic E-state index is 6.67. The summed E-state index contributed by atoms with van der Waals surface area (Å²) in [6, 6.07) is 14.4. The highest BCUT2D eigenvalue weighted by Crippen LogP contribution is 2.39. The Morgan fingerprint density at radius 2 is 1.97 bits per heavy atom. The molecule has 1 aliphatic rings. The highest BCUT2D eigenvalue weighted by atomic mass is 35.5. The molecule has 0 amide bonds. The highest BCUT2D eigenvalue weighted by molar-refractivity contribution is 7.98. The zero-order valence-electron chi connectivity index (χ0n) is 19.8. The third-order valence-electron chi connectivity index (χ3n) is 6.24. The molecule has 5 rings (SSSR count). The van der Waals surface area contributed by atoms with Gasteiger partial charge in [0.2, 0.25) is 0 Å². The maximum Gasteiger partial charge on any atom is 0.165 e. The molecule has 0 radical (unpaired) electrons. The Morgan fingerprint density at radius 1 is 1.18 bits per heavy atom. The van der Waals surface area contributed by atoms with Gasteiger partial charge in [-0.1, -0.05) is 23.7 Å². The molecule has 8 heteroatoms. The van der Waals surface area contributed by atoms with E-state index < -0.39 is 0 Å². The van der Waals surface area contributed by atoms with Crippen molar-refractivity contribution in [3.05, 3.63) is 70.0 Å². The van der Waals surface area contributed by atoms with Crippen LogP contribution in [0.15, 0.2) is 47.4 Å². The molecule has 0 fully saturated rings. The van der Waals surface area contributed by atoms with Gasteiger partial charge < -0.3 is 14.4 Å². The zero-order chi connectivity index (χ0) is 23.8. The van der Waals surface area contributed by atoms with Gasteiger partial charge in [0.1, 0.15) is 11.6 Å². The van der Waals surface area contributed by atoms with Gasteiger partial charge in [0.25, 0.3) is 0 Å². The van der Waals surface area contributed by atoms with Gasteiger partial charge in [0.05, 0.1) is 42.3 Å². The van der Waals surface area contributed by atoms with E-state index in [1.54, 1.807) is 18.9 Å². The molecule has 0 saturated heterocycles. The topological polar surface area (TPSA) is 51.9 Å². The summed E-state index contributed by atoms with van der Waals surface area (Å²) in [4.78, 5) is 8.61. The number of methoxy groups -OCH3 is 1. The fourth-order valence-corrected chi connectivity index (χ4v) is 5.16. The number of nitrogens with zero attached hydrogens (tertiary/aromatic N) is 4. The first-order valence-electron chi connectivity index (χ1n) is 11.2. The van der Waals surface area contributed by atoms with Crippen LogP contribution >= 0.6 is 23.4 Å². The monoisotopic (exact) mass is 494 g/mol. The van der Waals surface area contributed by atoms with Crippen molar-refractivity contribution >= 4 is 34.8 Å². The van der Waals surface area contributed by atoms with E-state index in [1.165, 1.54) is 10.5 Å². The van der Waals surface area contributed by atoms with Gasteiger partial charge in [-0.3, -0.25) is 0 Å². The second-order valence-electron chi connectivity index (χ2n) is 8.26. The number of thioether (sulfide) groups is 1. The Hall–Kier alpha value is -2.74. The molecule has 34 heavy (non-hydrogen) atoms. The van der Waals surface area contributed by atoms with Crippen molar-refractivity contribution in [3.8, 4) is 16.9 Å². The first-order valence-corrected chi connectivity index (χ1v) is 12.8. The number of halogens is 1. The highest BCUT2D eigenvalue weighted by Gasteiger charge is 2.28. The SMILES string of the molecule is CCN(Cc1ccc(SC)cc1)c1c2c(nc3c(-c4ccc(OC)cc4Cl)c(C)nn13)COC2. The van der Waals surface area contributed by atoms with Crippen LogP contribution in [0.3, 0.4) is 0 Å². The van der Waals surface area contributed by atoms with Crippen LogP contribution in [0.2, 0.25) is 5.02 Å². The first kappa shape index (κ1) is 23.0. The van der Waals surface area contributed by atoms with Crippen molar-refractivity contribution in [2.24, 2.45) is 0 Å². The molecule has 2 aromatic carbocycles. The molecule has 0 aliphatic carbocycles. The number of benzene rings is 2. The van der Waals surface area contributed by atoms with Gasteiger partial charge in [-0.05, 0) is 56.0 Å². The number of rotatable bonds is 7. The van der Waals surface area contributed by atoms with Crippen molar-refractivity contribution in [1.29, 1.82) is 0 Å². The zero-order valence-corrected chi connectivity index (χ0v) is 21.3. The number of hydrogen-bond acceptors (Lipinski definition) is 6. The summed E-state index contributed by atoms with van der Waals surface area (Å²) in [6.07, 6.45) is 2.09. The van der Waals surface area contributed by atoms with E-state index >= 15 is 0 Å². The summed E-state index contributed by atoms with van der Waals surface area (Å²) in [5.74, 6) is 1.75. The largest absolute Gasteiger partial charge is 0.497 e. The van der Waals surface area contributed by atoms with E-state index in [0.717, 1.165) is 58.4 Å². The van der Waals surface area contributed by atoms with Crippen molar-refractivity contribution < 1.29 is 9.47 Å². The average molecular weight is 495 g/mol. The fraction of sp³-hybridized carbons (Fsp3) is 0.308. The number of hydrogen-bond donors (Lipinski definition) is 0. The van der Waals surface area contributed by atoms with Crippen LogP contribution in [0, 0.1) is 6.92 Å². The molecule has 6 nitrogen and oxygen atoms in total. The molecule has 1 aliphatic heterocycles. The molecule has 2 aromatic heterocycles. The predicted molar refractivity (Wildman–Crippen MR) is 138 cm³/mol. The van der Waals surface area contributed by atoms with Crippen molar-refractivity contribution in [1.82, 2.24) is 14.6 Å². The summed E-state index contributed by atoms with van der Waals surface area (Å²) in [5, 5.41) is 5.56. The lowest BCUT2D eigenvalue weighted by Crippen LogP contribution is -2.26. The van der Waals surface area contributed by atoms with Crippen LogP contribution in [0.4, 0.5) is 5.82 Å². The Kier molecular flexibility index (Phi) is 6.42.